The number of ether oxygens (including phenoxy) is 2. The molecular formula is C14H22FNO2. The van der Waals surface area contributed by atoms with Gasteiger partial charge in [-0.2, -0.15) is 0 Å². The maximum Gasteiger partial charge on any atom is 0.123 e. The minimum Gasteiger partial charge on any atom is -0.385 e. The van der Waals surface area contributed by atoms with Crippen LogP contribution >= 0.6 is 0 Å². The summed E-state index contributed by atoms with van der Waals surface area (Å²) in [5.41, 5.74) is 6.66. The fourth-order valence-corrected chi connectivity index (χ4v) is 1.81. The lowest BCUT2D eigenvalue weighted by molar-refractivity contribution is 0.0984. The van der Waals surface area contributed by atoms with Crippen LogP contribution in [-0.4, -0.2) is 33.5 Å². The Labute approximate surface area is 108 Å². The van der Waals surface area contributed by atoms with E-state index in [4.69, 9.17) is 15.2 Å². The van der Waals surface area contributed by atoms with Crippen molar-refractivity contribution < 1.29 is 13.9 Å². The Bertz CT molecular complexity index is 333. The molecule has 18 heavy (non-hydrogen) atoms. The molecule has 2 N–H and O–H groups in total. The van der Waals surface area contributed by atoms with Crippen molar-refractivity contribution in [1.29, 1.82) is 0 Å². The number of nitrogens with two attached hydrogens (primary N) is 1. The molecule has 0 aliphatic heterocycles. The van der Waals surface area contributed by atoms with Crippen LogP contribution in [0.4, 0.5) is 4.39 Å². The lowest BCUT2D eigenvalue weighted by atomic mass is 9.96. The normalized spacial score (nSPS) is 12.6. The Morgan fingerprint density at radius 1 is 1.28 bits per heavy atom. The molecule has 1 rings (SSSR count). The van der Waals surface area contributed by atoms with Gasteiger partial charge in [0.2, 0.25) is 0 Å². The first kappa shape index (κ1) is 15.1. The van der Waals surface area contributed by atoms with Gasteiger partial charge in [0.25, 0.3) is 0 Å². The van der Waals surface area contributed by atoms with Gasteiger partial charge in [-0.25, -0.2) is 4.39 Å². The van der Waals surface area contributed by atoms with Crippen molar-refractivity contribution in [2.45, 2.75) is 18.8 Å². The van der Waals surface area contributed by atoms with Gasteiger partial charge in [0.1, 0.15) is 5.82 Å². The van der Waals surface area contributed by atoms with Crippen molar-refractivity contribution in [1.82, 2.24) is 0 Å². The minimum absolute atomic E-state index is 0.156. The van der Waals surface area contributed by atoms with Crippen LogP contribution in [0.5, 0.6) is 0 Å². The summed E-state index contributed by atoms with van der Waals surface area (Å²) in [6, 6.07) is 6.61. The Balaban J connectivity index is 2.29. The second kappa shape index (κ2) is 9.03. The molecule has 0 radical (unpaired) electrons. The third-order valence-corrected chi connectivity index (χ3v) is 2.85. The molecule has 4 heteroatoms. The molecule has 1 atom stereocenters. The molecular weight excluding hydrogens is 233 g/mol. The van der Waals surface area contributed by atoms with Crippen molar-refractivity contribution in [3.8, 4) is 0 Å². The third-order valence-electron chi connectivity index (χ3n) is 2.85. The smallest absolute Gasteiger partial charge is 0.123 e. The summed E-state index contributed by atoms with van der Waals surface area (Å²) in [4.78, 5) is 0. The van der Waals surface area contributed by atoms with Crippen molar-refractivity contribution >= 4 is 0 Å². The molecule has 0 bridgehead atoms. The summed E-state index contributed by atoms with van der Waals surface area (Å²) in [7, 11) is 1.68. The van der Waals surface area contributed by atoms with Gasteiger partial charge in [-0.1, -0.05) is 12.1 Å². The number of benzene rings is 1. The highest BCUT2D eigenvalue weighted by Crippen LogP contribution is 2.19. The van der Waals surface area contributed by atoms with E-state index in [-0.39, 0.29) is 11.7 Å². The van der Waals surface area contributed by atoms with E-state index in [9.17, 15) is 4.39 Å². The van der Waals surface area contributed by atoms with Crippen LogP contribution in [0.15, 0.2) is 24.3 Å². The molecule has 0 saturated heterocycles. The van der Waals surface area contributed by atoms with Gasteiger partial charge < -0.3 is 15.2 Å². The van der Waals surface area contributed by atoms with Crippen LogP contribution in [0, 0.1) is 5.82 Å². The molecule has 0 amide bonds. The van der Waals surface area contributed by atoms with Gasteiger partial charge in [-0.15, -0.1) is 0 Å². The van der Waals surface area contributed by atoms with Crippen LogP contribution in [0.25, 0.3) is 0 Å². The summed E-state index contributed by atoms with van der Waals surface area (Å²) in [6.45, 7) is 2.55. The van der Waals surface area contributed by atoms with E-state index in [1.807, 2.05) is 6.07 Å². The average Bonchev–Trinajstić information content (AvgIpc) is 2.38. The maximum atomic E-state index is 13.1. The van der Waals surface area contributed by atoms with Gasteiger partial charge in [0, 0.05) is 26.9 Å². The Kier molecular flexibility index (Phi) is 7.57. The highest BCUT2D eigenvalue weighted by molar-refractivity contribution is 5.20. The maximum absolute atomic E-state index is 13.1. The van der Waals surface area contributed by atoms with E-state index in [0.29, 0.717) is 26.4 Å². The van der Waals surface area contributed by atoms with Crippen LogP contribution in [0.2, 0.25) is 0 Å². The van der Waals surface area contributed by atoms with E-state index in [2.05, 4.69) is 0 Å². The van der Waals surface area contributed by atoms with E-state index in [1.165, 1.54) is 6.07 Å². The van der Waals surface area contributed by atoms with Gasteiger partial charge in [-0.3, -0.25) is 0 Å². The Morgan fingerprint density at radius 2 is 2.11 bits per heavy atom. The topological polar surface area (TPSA) is 44.5 Å². The molecule has 0 heterocycles. The van der Waals surface area contributed by atoms with E-state index in [1.54, 1.807) is 19.2 Å². The third kappa shape index (κ3) is 5.58. The first-order valence-corrected chi connectivity index (χ1v) is 6.30. The van der Waals surface area contributed by atoms with Gasteiger partial charge in [0.05, 0.1) is 0 Å². The van der Waals surface area contributed by atoms with Crippen LogP contribution in [-0.2, 0) is 9.47 Å². The number of halogens is 1. The molecule has 1 unspecified atom stereocenters. The number of hydrogen-bond donors (Lipinski definition) is 1. The summed E-state index contributed by atoms with van der Waals surface area (Å²) in [5.74, 6) is -0.0601. The molecule has 0 fully saturated rings. The van der Waals surface area contributed by atoms with Crippen molar-refractivity contribution in [3.05, 3.63) is 35.6 Å². The molecule has 0 spiro atoms. The number of rotatable bonds is 9. The molecule has 0 aromatic heterocycles. The molecule has 0 saturated carbocycles. The number of hydrogen-bond acceptors (Lipinski definition) is 3. The second-order valence-corrected chi connectivity index (χ2v) is 4.24. The van der Waals surface area contributed by atoms with E-state index >= 15 is 0 Å². The largest absolute Gasteiger partial charge is 0.385 e. The molecule has 1 aromatic rings. The standard InChI is InChI=1S/C14H22FNO2/c1-17-7-3-8-18-9-6-13(11-16)12-4-2-5-14(15)10-12/h2,4-5,10,13H,3,6-9,11,16H2,1H3. The highest BCUT2D eigenvalue weighted by atomic mass is 19.1. The molecule has 0 aliphatic carbocycles. The fraction of sp³-hybridized carbons (Fsp3) is 0.571. The predicted molar refractivity (Wildman–Crippen MR) is 70.1 cm³/mol. The fourth-order valence-electron chi connectivity index (χ4n) is 1.81. The molecule has 3 nitrogen and oxygen atoms in total. The summed E-state index contributed by atoms with van der Waals surface area (Å²) >= 11 is 0. The molecule has 1 aromatic carbocycles. The minimum atomic E-state index is -0.216. The first-order valence-electron chi connectivity index (χ1n) is 6.30. The van der Waals surface area contributed by atoms with Crippen molar-refractivity contribution in [3.63, 3.8) is 0 Å². The zero-order chi connectivity index (χ0) is 13.2. The Hall–Kier alpha value is -0.970. The first-order chi connectivity index (χ1) is 8.77. The second-order valence-electron chi connectivity index (χ2n) is 4.24. The predicted octanol–water partition coefficient (Wildman–Crippen LogP) is 2.31. The zero-order valence-corrected chi connectivity index (χ0v) is 10.9. The molecule has 0 aliphatic rings. The quantitative estimate of drug-likeness (QED) is 0.689. The molecule has 102 valence electrons. The van der Waals surface area contributed by atoms with Crippen molar-refractivity contribution in [2.24, 2.45) is 5.73 Å². The van der Waals surface area contributed by atoms with Crippen LogP contribution < -0.4 is 5.73 Å². The van der Waals surface area contributed by atoms with E-state index < -0.39 is 0 Å². The highest BCUT2D eigenvalue weighted by Gasteiger charge is 2.10. The lowest BCUT2D eigenvalue weighted by Crippen LogP contribution is -2.15. The SMILES string of the molecule is COCCCOCCC(CN)c1cccc(F)c1. The average molecular weight is 255 g/mol. The van der Waals surface area contributed by atoms with Crippen molar-refractivity contribution in [2.75, 3.05) is 33.5 Å². The van der Waals surface area contributed by atoms with Gasteiger partial charge in [-0.05, 0) is 43.0 Å². The summed E-state index contributed by atoms with van der Waals surface area (Å²) in [5, 5.41) is 0. The van der Waals surface area contributed by atoms with Crippen LogP contribution in [0.3, 0.4) is 0 Å². The monoisotopic (exact) mass is 255 g/mol. The lowest BCUT2D eigenvalue weighted by Gasteiger charge is -2.15. The Morgan fingerprint density at radius 3 is 2.78 bits per heavy atom. The summed E-state index contributed by atoms with van der Waals surface area (Å²) in [6.07, 6.45) is 1.71. The van der Waals surface area contributed by atoms with Gasteiger partial charge >= 0.3 is 0 Å². The van der Waals surface area contributed by atoms with Crippen LogP contribution in [0.1, 0.15) is 24.3 Å². The zero-order valence-electron chi connectivity index (χ0n) is 10.9. The van der Waals surface area contributed by atoms with E-state index in [0.717, 1.165) is 18.4 Å². The summed E-state index contributed by atoms with van der Waals surface area (Å²) < 4.78 is 23.5. The van der Waals surface area contributed by atoms with Gasteiger partial charge in [0.15, 0.2) is 0 Å². The number of methoxy groups -OCH3 is 1.